The first-order valence-corrected chi connectivity index (χ1v) is 9.94. The molecule has 162 valence electrons. The smallest absolute Gasteiger partial charge is 0.344 e. The van der Waals surface area contributed by atoms with Gasteiger partial charge < -0.3 is 10.1 Å². The molecule has 2 aromatic rings. The van der Waals surface area contributed by atoms with Crippen LogP contribution in [0.5, 0.6) is 0 Å². The number of carbonyl (C=O) groups is 4. The minimum Gasteiger partial charge on any atom is -0.452 e. The topological polar surface area (TPSA) is 105 Å². The molecule has 1 atom stereocenters. The van der Waals surface area contributed by atoms with Crippen LogP contribution in [0.3, 0.4) is 0 Å². The molecule has 0 radical (unpaired) electrons. The van der Waals surface area contributed by atoms with Gasteiger partial charge in [0.15, 0.2) is 6.61 Å². The van der Waals surface area contributed by atoms with E-state index in [4.69, 9.17) is 4.74 Å². The highest BCUT2D eigenvalue weighted by Gasteiger charge is 2.48. The fourth-order valence-corrected chi connectivity index (χ4v) is 3.23. The number of rotatable bonds is 7. The third-order valence-corrected chi connectivity index (χ3v) is 5.33. The van der Waals surface area contributed by atoms with Crippen molar-refractivity contribution in [3.05, 3.63) is 70.8 Å². The van der Waals surface area contributed by atoms with E-state index in [2.05, 4.69) is 10.7 Å². The molecule has 4 amide bonds. The average molecular weight is 423 g/mol. The number of amides is 4. The van der Waals surface area contributed by atoms with Crippen LogP contribution in [0.25, 0.3) is 0 Å². The predicted octanol–water partition coefficient (Wildman–Crippen LogP) is 2.43. The number of nitrogens with zero attached hydrogens (tertiary/aromatic N) is 1. The summed E-state index contributed by atoms with van der Waals surface area (Å²) in [6.45, 7) is 4.78. The molecule has 1 aliphatic heterocycles. The van der Waals surface area contributed by atoms with Crippen molar-refractivity contribution < 1.29 is 23.9 Å². The number of ether oxygens (including phenoxy) is 1. The zero-order valence-corrected chi connectivity index (χ0v) is 17.7. The summed E-state index contributed by atoms with van der Waals surface area (Å²) in [7, 11) is 0. The number of aryl methyl sites for hydroxylation is 3. The summed E-state index contributed by atoms with van der Waals surface area (Å²) in [5.74, 6) is -2.02. The van der Waals surface area contributed by atoms with Crippen LogP contribution in [0.4, 0.5) is 4.79 Å². The van der Waals surface area contributed by atoms with E-state index in [1.165, 1.54) is 0 Å². The fraction of sp³-hybridized carbons (Fsp3) is 0.304. The second-order valence-electron chi connectivity index (χ2n) is 7.80. The van der Waals surface area contributed by atoms with Gasteiger partial charge >= 0.3 is 12.0 Å². The van der Waals surface area contributed by atoms with Crippen LogP contribution in [0.15, 0.2) is 48.5 Å². The highest BCUT2D eigenvalue weighted by Crippen LogP contribution is 2.22. The van der Waals surface area contributed by atoms with Gasteiger partial charge in [0, 0.05) is 0 Å². The first kappa shape index (κ1) is 22.0. The van der Waals surface area contributed by atoms with Gasteiger partial charge in [-0.25, -0.2) is 9.59 Å². The van der Waals surface area contributed by atoms with Crippen LogP contribution in [0, 0.1) is 13.8 Å². The van der Waals surface area contributed by atoms with Gasteiger partial charge in [0.25, 0.3) is 11.8 Å². The Hall–Kier alpha value is -3.68. The third-order valence-electron chi connectivity index (χ3n) is 5.33. The molecule has 0 saturated carbocycles. The van der Waals surface area contributed by atoms with E-state index in [1.807, 2.05) is 44.2 Å². The summed E-state index contributed by atoms with van der Waals surface area (Å²) in [6, 6.07) is 13.9. The number of hydrogen-bond acceptors (Lipinski definition) is 5. The second kappa shape index (κ2) is 8.99. The normalized spacial score (nSPS) is 18.0. The number of nitrogens with one attached hydrogen (secondary N) is 2. The molecule has 0 bridgehead atoms. The Morgan fingerprint density at radius 3 is 2.45 bits per heavy atom. The van der Waals surface area contributed by atoms with Crippen LogP contribution in [-0.2, 0) is 20.7 Å². The second-order valence-corrected chi connectivity index (χ2v) is 7.80. The summed E-state index contributed by atoms with van der Waals surface area (Å²) < 4.78 is 5.00. The lowest BCUT2D eigenvalue weighted by Crippen LogP contribution is -2.50. The van der Waals surface area contributed by atoms with E-state index >= 15 is 0 Å². The number of carbonyl (C=O) groups excluding carboxylic acids is 4. The van der Waals surface area contributed by atoms with E-state index in [0.717, 1.165) is 16.7 Å². The largest absolute Gasteiger partial charge is 0.452 e. The monoisotopic (exact) mass is 423 g/mol. The summed E-state index contributed by atoms with van der Waals surface area (Å²) in [5.41, 5.74) is 4.38. The van der Waals surface area contributed by atoms with E-state index in [0.29, 0.717) is 23.4 Å². The molecular weight excluding hydrogens is 398 g/mol. The van der Waals surface area contributed by atoms with Gasteiger partial charge in [-0.1, -0.05) is 36.4 Å². The molecule has 0 aliphatic carbocycles. The summed E-state index contributed by atoms with van der Waals surface area (Å²) in [5, 5.41) is 3.26. The van der Waals surface area contributed by atoms with Crippen molar-refractivity contribution in [2.24, 2.45) is 0 Å². The van der Waals surface area contributed by atoms with Gasteiger partial charge in [-0.05, 0) is 62.4 Å². The van der Waals surface area contributed by atoms with Crippen molar-refractivity contribution in [3.63, 3.8) is 0 Å². The Bertz CT molecular complexity index is 1020. The van der Waals surface area contributed by atoms with Crippen LogP contribution in [-0.4, -0.2) is 41.0 Å². The number of imide groups is 1. The van der Waals surface area contributed by atoms with Crippen LogP contribution < -0.4 is 10.7 Å². The zero-order chi connectivity index (χ0) is 22.6. The van der Waals surface area contributed by atoms with E-state index in [-0.39, 0.29) is 0 Å². The molecule has 1 fully saturated rings. The zero-order valence-electron chi connectivity index (χ0n) is 17.7. The Morgan fingerprint density at radius 2 is 1.77 bits per heavy atom. The minimum atomic E-state index is -1.14. The van der Waals surface area contributed by atoms with Crippen molar-refractivity contribution in [2.75, 3.05) is 6.61 Å². The third kappa shape index (κ3) is 5.09. The van der Waals surface area contributed by atoms with Crippen molar-refractivity contribution in [3.8, 4) is 0 Å². The van der Waals surface area contributed by atoms with Gasteiger partial charge in [-0.2, -0.15) is 5.01 Å². The van der Waals surface area contributed by atoms with Crippen LogP contribution >= 0.6 is 0 Å². The van der Waals surface area contributed by atoms with Crippen molar-refractivity contribution in [1.29, 1.82) is 0 Å². The van der Waals surface area contributed by atoms with Gasteiger partial charge in [-0.3, -0.25) is 15.0 Å². The summed E-state index contributed by atoms with van der Waals surface area (Å²) in [6.07, 6.45) is 0.953. The van der Waals surface area contributed by atoms with Gasteiger partial charge in [-0.15, -0.1) is 0 Å². The standard InChI is InChI=1S/C23H25N3O5/c1-15-9-10-18(13-16(15)2)20(28)31-14-19(27)25-26-21(29)23(3,24-22(26)30)12-11-17-7-5-4-6-8-17/h4-10,13H,11-12,14H2,1-3H3,(H,24,30)(H,25,27)/t23-/m1/s1. The number of hydrazine groups is 1. The lowest BCUT2D eigenvalue weighted by Gasteiger charge is -2.21. The molecule has 3 rings (SSSR count). The van der Waals surface area contributed by atoms with E-state index < -0.39 is 36.0 Å². The van der Waals surface area contributed by atoms with Crippen molar-refractivity contribution >= 4 is 23.8 Å². The first-order chi connectivity index (χ1) is 14.7. The van der Waals surface area contributed by atoms with Crippen LogP contribution in [0.2, 0.25) is 0 Å². The maximum atomic E-state index is 12.7. The number of esters is 1. The average Bonchev–Trinajstić information content (AvgIpc) is 2.96. The molecular formula is C23H25N3O5. The maximum Gasteiger partial charge on any atom is 0.344 e. The number of benzene rings is 2. The molecule has 31 heavy (non-hydrogen) atoms. The molecule has 2 aromatic carbocycles. The lowest BCUT2D eigenvalue weighted by molar-refractivity contribution is -0.140. The van der Waals surface area contributed by atoms with Gasteiger partial charge in [0.1, 0.15) is 5.54 Å². The quantitative estimate of drug-likeness (QED) is 0.526. The van der Waals surface area contributed by atoms with Crippen molar-refractivity contribution in [1.82, 2.24) is 15.8 Å². The van der Waals surface area contributed by atoms with E-state index in [1.54, 1.807) is 25.1 Å². The molecule has 8 heteroatoms. The number of hydrogen-bond donors (Lipinski definition) is 2. The van der Waals surface area contributed by atoms with Crippen LogP contribution in [0.1, 0.15) is 40.4 Å². The Morgan fingerprint density at radius 1 is 1.06 bits per heavy atom. The van der Waals surface area contributed by atoms with Gasteiger partial charge in [0.2, 0.25) is 0 Å². The Kier molecular flexibility index (Phi) is 6.39. The Labute approximate surface area is 180 Å². The molecule has 0 unspecified atom stereocenters. The Balaban J connectivity index is 1.54. The summed E-state index contributed by atoms with van der Waals surface area (Å²) in [4.78, 5) is 49.3. The molecule has 1 heterocycles. The van der Waals surface area contributed by atoms with Gasteiger partial charge in [0.05, 0.1) is 5.56 Å². The SMILES string of the molecule is Cc1ccc(C(=O)OCC(=O)NN2C(=O)N[C@](C)(CCc3ccccc3)C2=O)cc1C. The molecule has 1 aliphatic rings. The number of urea groups is 1. The minimum absolute atomic E-state index is 0.319. The maximum absolute atomic E-state index is 12.7. The molecule has 0 aromatic heterocycles. The highest BCUT2D eigenvalue weighted by atomic mass is 16.5. The molecule has 2 N–H and O–H groups in total. The first-order valence-electron chi connectivity index (χ1n) is 9.94. The highest BCUT2D eigenvalue weighted by molar-refractivity contribution is 6.07. The van der Waals surface area contributed by atoms with E-state index in [9.17, 15) is 19.2 Å². The molecule has 0 spiro atoms. The molecule has 8 nitrogen and oxygen atoms in total. The fourth-order valence-electron chi connectivity index (χ4n) is 3.23. The molecule has 1 saturated heterocycles. The van der Waals surface area contributed by atoms with Crippen molar-refractivity contribution in [2.45, 2.75) is 39.2 Å². The lowest BCUT2D eigenvalue weighted by atomic mass is 9.93. The predicted molar refractivity (Wildman–Crippen MR) is 113 cm³/mol. The summed E-state index contributed by atoms with van der Waals surface area (Å²) >= 11 is 0.